The molecule has 1 fully saturated rings. The highest BCUT2D eigenvalue weighted by molar-refractivity contribution is 7.07. The average Bonchev–Trinajstić information content (AvgIpc) is 3.29. The molecule has 0 bridgehead atoms. The predicted octanol–water partition coefficient (Wildman–Crippen LogP) is 2.35. The maximum Gasteiger partial charge on any atom is 0.290 e. The van der Waals surface area contributed by atoms with Crippen LogP contribution >= 0.6 is 11.3 Å². The molecule has 1 N–H and O–H groups in total. The number of thiophene rings is 1. The van der Waals surface area contributed by atoms with Gasteiger partial charge in [-0.1, -0.05) is 0 Å². The molecule has 1 saturated heterocycles. The molecule has 26 heavy (non-hydrogen) atoms. The number of quaternary nitrogens is 1. The summed E-state index contributed by atoms with van der Waals surface area (Å²) in [5, 5.41) is 5.26. The maximum atomic E-state index is 13.0. The molecule has 0 unspecified atom stereocenters. The average molecular weight is 371 g/mol. The van der Waals surface area contributed by atoms with Crippen LogP contribution in [0.5, 0.6) is 5.75 Å². The van der Waals surface area contributed by atoms with Crippen molar-refractivity contribution in [3.63, 3.8) is 0 Å². The Bertz CT molecular complexity index is 909. The molecule has 4 rings (SSSR count). The zero-order valence-corrected chi connectivity index (χ0v) is 15.9. The van der Waals surface area contributed by atoms with E-state index in [1.807, 2.05) is 30.0 Å². The van der Waals surface area contributed by atoms with E-state index in [9.17, 15) is 4.79 Å². The minimum Gasteiger partial charge on any atom is -0.497 e. The molecule has 6 heteroatoms. The highest BCUT2D eigenvalue weighted by atomic mass is 32.1. The van der Waals surface area contributed by atoms with Crippen molar-refractivity contribution in [2.45, 2.75) is 13.5 Å². The van der Waals surface area contributed by atoms with E-state index in [0.29, 0.717) is 5.76 Å². The molecule has 0 aliphatic carbocycles. The van der Waals surface area contributed by atoms with Gasteiger partial charge in [0.15, 0.2) is 5.76 Å². The van der Waals surface area contributed by atoms with E-state index in [1.54, 1.807) is 18.4 Å². The number of methoxy groups -OCH3 is 1. The molecule has 136 valence electrons. The number of aryl methyl sites for hydroxylation is 1. The van der Waals surface area contributed by atoms with Crippen molar-refractivity contribution < 1.29 is 18.8 Å². The fourth-order valence-corrected chi connectivity index (χ4v) is 4.23. The fraction of sp³-hybridized carbons (Fsp3) is 0.350. The lowest BCUT2D eigenvalue weighted by Crippen LogP contribution is -3.13. The van der Waals surface area contributed by atoms with E-state index in [-0.39, 0.29) is 5.91 Å². The lowest BCUT2D eigenvalue weighted by Gasteiger charge is -2.31. The Kier molecular flexibility index (Phi) is 4.70. The summed E-state index contributed by atoms with van der Waals surface area (Å²) in [6.07, 6.45) is 0. The number of carbonyl (C=O) groups is 1. The van der Waals surface area contributed by atoms with Gasteiger partial charge in [0.1, 0.15) is 17.9 Å². The Labute approximate surface area is 156 Å². The summed E-state index contributed by atoms with van der Waals surface area (Å²) in [5.41, 5.74) is 3.00. The molecular formula is C20H23N2O3S+. The van der Waals surface area contributed by atoms with E-state index < -0.39 is 0 Å². The largest absolute Gasteiger partial charge is 0.497 e. The van der Waals surface area contributed by atoms with Crippen molar-refractivity contribution in [1.82, 2.24) is 4.90 Å². The molecule has 3 aromatic rings. The van der Waals surface area contributed by atoms with E-state index in [2.05, 4.69) is 16.8 Å². The van der Waals surface area contributed by atoms with Gasteiger partial charge < -0.3 is 19.0 Å². The zero-order valence-electron chi connectivity index (χ0n) is 15.1. The highest BCUT2D eigenvalue weighted by Crippen LogP contribution is 2.29. The lowest BCUT2D eigenvalue weighted by molar-refractivity contribution is -0.917. The predicted molar refractivity (Wildman–Crippen MR) is 102 cm³/mol. The van der Waals surface area contributed by atoms with Crippen molar-refractivity contribution in [3.05, 3.63) is 51.9 Å². The molecule has 1 aliphatic heterocycles. The number of hydrogen-bond donors (Lipinski definition) is 1. The minimum atomic E-state index is -0.00718. The normalized spacial score (nSPS) is 15.5. The van der Waals surface area contributed by atoms with Crippen molar-refractivity contribution in [2.75, 3.05) is 33.3 Å². The van der Waals surface area contributed by atoms with Crippen molar-refractivity contribution in [3.8, 4) is 5.75 Å². The molecule has 5 nitrogen and oxygen atoms in total. The second kappa shape index (κ2) is 7.13. The van der Waals surface area contributed by atoms with Crippen LogP contribution in [0.2, 0.25) is 0 Å². The van der Waals surface area contributed by atoms with Crippen LogP contribution in [-0.2, 0) is 6.54 Å². The standard InChI is InChI=1S/C20H22N2O3S/c1-14-17-11-16(24-2)3-4-18(17)25-19(14)20(23)22-8-6-21(7-9-22)12-15-5-10-26-13-15/h3-5,10-11,13H,6-9,12H2,1-2H3/p+1. The van der Waals surface area contributed by atoms with E-state index in [0.717, 1.165) is 55.0 Å². The summed E-state index contributed by atoms with van der Waals surface area (Å²) in [5.74, 6) is 1.22. The third-order valence-electron chi connectivity index (χ3n) is 5.13. The number of rotatable bonds is 4. The number of hydrogen-bond acceptors (Lipinski definition) is 4. The Balaban J connectivity index is 1.46. The van der Waals surface area contributed by atoms with Crippen LogP contribution in [0.25, 0.3) is 11.0 Å². The first-order valence-electron chi connectivity index (χ1n) is 8.87. The van der Waals surface area contributed by atoms with Crippen LogP contribution in [-0.4, -0.2) is 44.1 Å². The SMILES string of the molecule is COc1ccc2oc(C(=O)N3CC[NH+](Cc4ccsc4)CC3)c(C)c2c1. The van der Waals surface area contributed by atoms with Gasteiger partial charge in [0.25, 0.3) is 5.91 Å². The van der Waals surface area contributed by atoms with Gasteiger partial charge in [-0.3, -0.25) is 4.79 Å². The number of nitrogens with one attached hydrogen (secondary N) is 1. The lowest BCUT2D eigenvalue weighted by atomic mass is 10.1. The van der Waals surface area contributed by atoms with Gasteiger partial charge in [0.05, 0.1) is 33.3 Å². The number of fused-ring (bicyclic) bond motifs is 1. The Hall–Kier alpha value is -2.31. The van der Waals surface area contributed by atoms with Crippen LogP contribution < -0.4 is 9.64 Å². The van der Waals surface area contributed by atoms with Gasteiger partial charge in [0.2, 0.25) is 0 Å². The van der Waals surface area contributed by atoms with Crippen molar-refractivity contribution in [2.24, 2.45) is 0 Å². The van der Waals surface area contributed by atoms with E-state index in [1.165, 1.54) is 10.5 Å². The molecule has 3 heterocycles. The summed E-state index contributed by atoms with van der Waals surface area (Å²) >= 11 is 1.74. The molecule has 1 aromatic carbocycles. The summed E-state index contributed by atoms with van der Waals surface area (Å²) < 4.78 is 11.2. The number of piperazine rings is 1. The first-order chi connectivity index (χ1) is 12.7. The summed E-state index contributed by atoms with van der Waals surface area (Å²) in [7, 11) is 1.64. The van der Waals surface area contributed by atoms with Gasteiger partial charge >= 0.3 is 0 Å². The highest BCUT2D eigenvalue weighted by Gasteiger charge is 2.28. The maximum absolute atomic E-state index is 13.0. The number of nitrogens with zero attached hydrogens (tertiary/aromatic N) is 1. The third-order valence-corrected chi connectivity index (χ3v) is 5.86. The number of benzene rings is 1. The fourth-order valence-electron chi connectivity index (χ4n) is 3.56. The van der Waals surface area contributed by atoms with Crippen LogP contribution in [0.3, 0.4) is 0 Å². The Morgan fingerprint density at radius 1 is 1.31 bits per heavy atom. The number of furan rings is 1. The molecule has 1 amide bonds. The van der Waals surface area contributed by atoms with E-state index >= 15 is 0 Å². The Morgan fingerprint density at radius 2 is 2.12 bits per heavy atom. The quantitative estimate of drug-likeness (QED) is 0.766. The molecule has 2 aromatic heterocycles. The second-order valence-corrected chi connectivity index (χ2v) is 7.55. The number of carbonyl (C=O) groups excluding carboxylic acids is 1. The topological polar surface area (TPSA) is 47.1 Å². The van der Waals surface area contributed by atoms with Crippen LogP contribution in [0.4, 0.5) is 0 Å². The van der Waals surface area contributed by atoms with E-state index in [4.69, 9.17) is 9.15 Å². The van der Waals surface area contributed by atoms with Gasteiger partial charge in [-0.15, -0.1) is 0 Å². The second-order valence-electron chi connectivity index (χ2n) is 6.77. The number of amides is 1. The molecule has 0 saturated carbocycles. The smallest absolute Gasteiger partial charge is 0.290 e. The molecule has 0 radical (unpaired) electrons. The van der Waals surface area contributed by atoms with Crippen molar-refractivity contribution >= 4 is 28.2 Å². The molecular weight excluding hydrogens is 348 g/mol. The minimum absolute atomic E-state index is 0.00718. The van der Waals surface area contributed by atoms with Crippen LogP contribution in [0, 0.1) is 6.92 Å². The Morgan fingerprint density at radius 3 is 2.81 bits per heavy atom. The van der Waals surface area contributed by atoms with Gasteiger partial charge in [-0.25, -0.2) is 0 Å². The molecule has 0 spiro atoms. The molecule has 0 atom stereocenters. The monoisotopic (exact) mass is 371 g/mol. The summed E-state index contributed by atoms with van der Waals surface area (Å²) in [4.78, 5) is 16.4. The van der Waals surface area contributed by atoms with Gasteiger partial charge in [-0.05, 0) is 41.9 Å². The van der Waals surface area contributed by atoms with Gasteiger partial charge in [0, 0.05) is 16.5 Å². The van der Waals surface area contributed by atoms with Gasteiger partial charge in [-0.2, -0.15) is 11.3 Å². The first-order valence-corrected chi connectivity index (χ1v) is 9.81. The summed E-state index contributed by atoms with van der Waals surface area (Å²) in [6.45, 7) is 6.44. The van der Waals surface area contributed by atoms with Crippen molar-refractivity contribution in [1.29, 1.82) is 0 Å². The first kappa shape index (κ1) is 17.1. The zero-order chi connectivity index (χ0) is 18.1. The van der Waals surface area contributed by atoms with Crippen LogP contribution in [0.15, 0.2) is 39.4 Å². The number of ether oxygens (including phenoxy) is 1. The van der Waals surface area contributed by atoms with Crippen LogP contribution in [0.1, 0.15) is 21.7 Å². The third kappa shape index (κ3) is 3.22. The molecule has 1 aliphatic rings. The summed E-state index contributed by atoms with van der Waals surface area (Å²) in [6, 6.07) is 7.82.